The van der Waals surface area contributed by atoms with Gasteiger partial charge in [-0.25, -0.2) is 21.5 Å². The standard InChI is InChI=1S/C18H18ClF2NO2S2/c19-14-3-1-13(2-4-14)12-26(23,24)22-8-7-18(25-10-9-22)16-11-15(20)5-6-17(16)21/h1-6,11,18H,7-10,12H2. The summed E-state index contributed by atoms with van der Waals surface area (Å²) in [7, 11) is -3.49. The van der Waals surface area contributed by atoms with Crippen molar-refractivity contribution in [3.8, 4) is 0 Å². The molecule has 2 aromatic carbocycles. The summed E-state index contributed by atoms with van der Waals surface area (Å²) in [5.74, 6) is -0.520. The van der Waals surface area contributed by atoms with Gasteiger partial charge >= 0.3 is 0 Å². The van der Waals surface area contributed by atoms with Gasteiger partial charge in [-0.1, -0.05) is 23.7 Å². The van der Waals surface area contributed by atoms with Gasteiger partial charge in [-0.2, -0.15) is 11.8 Å². The van der Waals surface area contributed by atoms with Gasteiger partial charge in [0.05, 0.1) is 5.75 Å². The molecule has 1 aliphatic rings. The lowest BCUT2D eigenvalue weighted by molar-refractivity contribution is 0.426. The van der Waals surface area contributed by atoms with Crippen molar-refractivity contribution in [1.82, 2.24) is 4.31 Å². The Morgan fingerprint density at radius 2 is 1.85 bits per heavy atom. The maximum atomic E-state index is 14.0. The van der Waals surface area contributed by atoms with E-state index in [4.69, 9.17) is 11.6 Å². The summed E-state index contributed by atoms with van der Waals surface area (Å²) in [6, 6.07) is 10.1. The number of hydrogen-bond acceptors (Lipinski definition) is 3. The fourth-order valence-electron chi connectivity index (χ4n) is 2.92. The zero-order valence-electron chi connectivity index (χ0n) is 13.9. The first-order chi connectivity index (χ1) is 12.3. The number of halogens is 3. The van der Waals surface area contributed by atoms with Gasteiger partial charge in [0, 0.05) is 34.7 Å². The van der Waals surface area contributed by atoms with E-state index in [9.17, 15) is 17.2 Å². The molecule has 1 saturated heterocycles. The van der Waals surface area contributed by atoms with Gasteiger partial charge in [-0.05, 0) is 42.3 Å². The minimum Gasteiger partial charge on any atom is -0.212 e. The van der Waals surface area contributed by atoms with Crippen LogP contribution in [0.3, 0.4) is 0 Å². The Kier molecular flexibility index (Phi) is 6.22. The number of sulfonamides is 1. The van der Waals surface area contributed by atoms with Crippen LogP contribution in [0.2, 0.25) is 5.02 Å². The Bertz CT molecular complexity index is 875. The molecule has 3 rings (SSSR count). The maximum Gasteiger partial charge on any atom is 0.218 e. The van der Waals surface area contributed by atoms with Crippen molar-refractivity contribution < 1.29 is 17.2 Å². The van der Waals surface area contributed by atoms with Crippen LogP contribution in [-0.2, 0) is 15.8 Å². The molecule has 0 aromatic heterocycles. The second-order valence-electron chi connectivity index (χ2n) is 6.10. The van der Waals surface area contributed by atoms with Crippen molar-refractivity contribution in [3.63, 3.8) is 0 Å². The van der Waals surface area contributed by atoms with Gasteiger partial charge in [-0.3, -0.25) is 0 Å². The van der Waals surface area contributed by atoms with Crippen LogP contribution in [0.15, 0.2) is 42.5 Å². The van der Waals surface area contributed by atoms with E-state index < -0.39 is 21.7 Å². The minimum atomic E-state index is -3.49. The highest BCUT2D eigenvalue weighted by molar-refractivity contribution is 7.99. The number of hydrogen-bond donors (Lipinski definition) is 0. The van der Waals surface area contributed by atoms with E-state index in [1.807, 2.05) is 0 Å². The van der Waals surface area contributed by atoms with Crippen LogP contribution in [0, 0.1) is 11.6 Å². The molecule has 0 amide bonds. The molecule has 0 bridgehead atoms. The monoisotopic (exact) mass is 417 g/mol. The van der Waals surface area contributed by atoms with Gasteiger partial charge in [0.25, 0.3) is 0 Å². The first-order valence-corrected chi connectivity index (χ1v) is 11.2. The molecule has 1 atom stereocenters. The maximum absolute atomic E-state index is 14.0. The Morgan fingerprint density at radius 3 is 2.58 bits per heavy atom. The Morgan fingerprint density at radius 1 is 1.12 bits per heavy atom. The largest absolute Gasteiger partial charge is 0.218 e. The Labute approximate surface area is 161 Å². The third kappa shape index (κ3) is 4.76. The smallest absolute Gasteiger partial charge is 0.212 e. The number of thioether (sulfide) groups is 1. The van der Waals surface area contributed by atoms with Crippen LogP contribution < -0.4 is 0 Å². The van der Waals surface area contributed by atoms with Crippen LogP contribution in [0.25, 0.3) is 0 Å². The molecule has 1 aliphatic heterocycles. The summed E-state index contributed by atoms with van der Waals surface area (Å²) in [5.41, 5.74) is 0.964. The number of rotatable bonds is 4. The zero-order valence-corrected chi connectivity index (χ0v) is 16.3. The quantitative estimate of drug-likeness (QED) is 0.727. The lowest BCUT2D eigenvalue weighted by Gasteiger charge is -2.20. The second-order valence-corrected chi connectivity index (χ2v) is 9.81. The summed E-state index contributed by atoms with van der Waals surface area (Å²) >= 11 is 7.29. The Hall–Kier alpha value is -1.15. The average Bonchev–Trinajstić information content (AvgIpc) is 2.85. The average molecular weight is 418 g/mol. The number of benzene rings is 2. The van der Waals surface area contributed by atoms with Gasteiger partial charge in [0.2, 0.25) is 10.0 Å². The van der Waals surface area contributed by atoms with Crippen molar-refractivity contribution in [3.05, 3.63) is 70.2 Å². The summed E-state index contributed by atoms with van der Waals surface area (Å²) < 4.78 is 54.3. The van der Waals surface area contributed by atoms with E-state index in [0.29, 0.717) is 34.9 Å². The summed E-state index contributed by atoms with van der Waals surface area (Å²) in [6.07, 6.45) is 0.435. The minimum absolute atomic E-state index is 0.103. The van der Waals surface area contributed by atoms with Crippen molar-refractivity contribution >= 4 is 33.4 Å². The molecular formula is C18H18ClF2NO2S2. The third-order valence-electron chi connectivity index (χ3n) is 4.26. The van der Waals surface area contributed by atoms with Gasteiger partial charge in [-0.15, -0.1) is 0 Å². The van der Waals surface area contributed by atoms with Crippen LogP contribution in [0.4, 0.5) is 8.78 Å². The van der Waals surface area contributed by atoms with Crippen LogP contribution in [0.1, 0.15) is 22.8 Å². The van der Waals surface area contributed by atoms with E-state index in [1.54, 1.807) is 24.3 Å². The van der Waals surface area contributed by atoms with Crippen molar-refractivity contribution in [2.45, 2.75) is 17.4 Å². The van der Waals surface area contributed by atoms with Crippen LogP contribution in [-0.4, -0.2) is 31.6 Å². The highest BCUT2D eigenvalue weighted by Crippen LogP contribution is 2.36. The molecule has 1 fully saturated rings. The van der Waals surface area contributed by atoms with Crippen molar-refractivity contribution in [2.24, 2.45) is 0 Å². The van der Waals surface area contributed by atoms with Crippen molar-refractivity contribution in [1.29, 1.82) is 0 Å². The van der Waals surface area contributed by atoms with E-state index in [0.717, 1.165) is 12.1 Å². The molecule has 2 aromatic rings. The molecule has 26 heavy (non-hydrogen) atoms. The first-order valence-electron chi connectivity index (χ1n) is 8.14. The lowest BCUT2D eigenvalue weighted by Crippen LogP contribution is -2.34. The van der Waals surface area contributed by atoms with Gasteiger partial charge in [0.15, 0.2) is 0 Å². The molecule has 8 heteroatoms. The SMILES string of the molecule is O=S(=O)(Cc1ccc(Cl)cc1)N1CCSC(c2cc(F)ccc2F)CC1. The number of nitrogens with zero attached hydrogens (tertiary/aromatic N) is 1. The summed E-state index contributed by atoms with van der Waals surface area (Å²) in [6.45, 7) is 0.636. The van der Waals surface area contributed by atoms with E-state index in [2.05, 4.69) is 0 Å². The topological polar surface area (TPSA) is 37.4 Å². The molecule has 1 heterocycles. The molecule has 1 unspecified atom stereocenters. The lowest BCUT2D eigenvalue weighted by atomic mass is 10.1. The highest BCUT2D eigenvalue weighted by Gasteiger charge is 2.28. The normalized spacial score (nSPS) is 19.3. The fraction of sp³-hybridized carbons (Fsp3) is 0.333. The first kappa shape index (κ1) is 19.6. The zero-order chi connectivity index (χ0) is 18.7. The highest BCUT2D eigenvalue weighted by atomic mass is 35.5. The Balaban J connectivity index is 1.71. The predicted octanol–water partition coefficient (Wildman–Crippen LogP) is 4.63. The summed E-state index contributed by atoms with van der Waals surface area (Å²) in [4.78, 5) is 0. The van der Waals surface area contributed by atoms with Crippen molar-refractivity contribution in [2.75, 3.05) is 18.8 Å². The van der Waals surface area contributed by atoms with Gasteiger partial charge < -0.3 is 0 Å². The van der Waals surface area contributed by atoms with Crippen LogP contribution >= 0.6 is 23.4 Å². The van der Waals surface area contributed by atoms with E-state index >= 15 is 0 Å². The van der Waals surface area contributed by atoms with E-state index in [-0.39, 0.29) is 17.5 Å². The van der Waals surface area contributed by atoms with Crippen LogP contribution in [0.5, 0.6) is 0 Å². The molecule has 3 nitrogen and oxygen atoms in total. The molecule has 0 spiro atoms. The fourth-order valence-corrected chi connectivity index (χ4v) is 5.95. The second kappa shape index (κ2) is 8.25. The molecular weight excluding hydrogens is 400 g/mol. The molecule has 0 aliphatic carbocycles. The van der Waals surface area contributed by atoms with Gasteiger partial charge in [0.1, 0.15) is 11.6 Å². The van der Waals surface area contributed by atoms with E-state index in [1.165, 1.54) is 22.1 Å². The molecule has 0 saturated carbocycles. The molecule has 140 valence electrons. The third-order valence-corrected chi connectivity index (χ3v) is 7.67. The molecule has 0 radical (unpaired) electrons. The predicted molar refractivity (Wildman–Crippen MR) is 102 cm³/mol. The summed E-state index contributed by atoms with van der Waals surface area (Å²) in [5, 5.41) is 0.290. The molecule has 0 N–H and O–H groups in total.